The molecule has 0 bridgehead atoms. The van der Waals surface area contributed by atoms with Crippen molar-refractivity contribution >= 4 is 5.91 Å². The first-order valence-electron chi connectivity index (χ1n) is 7.58. The molecule has 1 atom stereocenters. The van der Waals surface area contributed by atoms with Crippen LogP contribution in [0.15, 0.2) is 42.5 Å². The molecule has 0 aliphatic carbocycles. The van der Waals surface area contributed by atoms with E-state index in [4.69, 9.17) is 4.74 Å². The lowest BCUT2D eigenvalue weighted by molar-refractivity contribution is -0.122. The van der Waals surface area contributed by atoms with Gasteiger partial charge in [0, 0.05) is 18.4 Å². The number of aryl methyl sites for hydroxylation is 1. The number of carbonyl (C=O) groups excluding carboxylic acids is 1. The molecular formula is C18H17F2NO2. The van der Waals surface area contributed by atoms with Gasteiger partial charge >= 0.3 is 0 Å². The van der Waals surface area contributed by atoms with Crippen molar-refractivity contribution in [3.05, 3.63) is 65.2 Å². The molecule has 0 aromatic heterocycles. The Hall–Kier alpha value is -2.43. The van der Waals surface area contributed by atoms with Gasteiger partial charge in [-0.3, -0.25) is 4.79 Å². The summed E-state index contributed by atoms with van der Waals surface area (Å²) in [5, 5.41) is 2.92. The molecule has 2 aromatic carbocycles. The van der Waals surface area contributed by atoms with Crippen molar-refractivity contribution in [1.29, 1.82) is 0 Å². The first kappa shape index (κ1) is 15.5. The van der Waals surface area contributed by atoms with Crippen LogP contribution in [0.5, 0.6) is 5.75 Å². The van der Waals surface area contributed by atoms with E-state index in [-0.39, 0.29) is 23.6 Å². The third kappa shape index (κ3) is 3.86. The molecule has 5 heteroatoms. The quantitative estimate of drug-likeness (QED) is 0.937. The minimum Gasteiger partial charge on any atom is -0.493 e. The normalized spacial score (nSPS) is 16.3. The lowest BCUT2D eigenvalue weighted by Gasteiger charge is -2.26. The van der Waals surface area contributed by atoms with Crippen LogP contribution in [0.2, 0.25) is 0 Å². The molecule has 1 unspecified atom stereocenters. The Morgan fingerprint density at radius 1 is 1.13 bits per heavy atom. The third-order valence-corrected chi connectivity index (χ3v) is 3.90. The van der Waals surface area contributed by atoms with Gasteiger partial charge in [-0.05, 0) is 42.3 Å². The number of amides is 1. The van der Waals surface area contributed by atoms with Crippen molar-refractivity contribution in [2.75, 3.05) is 6.61 Å². The topological polar surface area (TPSA) is 38.3 Å². The summed E-state index contributed by atoms with van der Waals surface area (Å²) >= 11 is 0. The molecular weight excluding hydrogens is 300 g/mol. The van der Waals surface area contributed by atoms with Crippen molar-refractivity contribution in [3.63, 3.8) is 0 Å². The average Bonchev–Trinajstić information content (AvgIpc) is 2.55. The average molecular weight is 317 g/mol. The van der Waals surface area contributed by atoms with E-state index in [2.05, 4.69) is 5.32 Å². The zero-order valence-electron chi connectivity index (χ0n) is 12.5. The van der Waals surface area contributed by atoms with E-state index < -0.39 is 0 Å². The van der Waals surface area contributed by atoms with E-state index in [1.165, 1.54) is 24.3 Å². The predicted molar refractivity (Wildman–Crippen MR) is 82.1 cm³/mol. The van der Waals surface area contributed by atoms with Gasteiger partial charge in [0.2, 0.25) is 5.91 Å². The van der Waals surface area contributed by atoms with Gasteiger partial charge in [-0.15, -0.1) is 0 Å². The molecule has 0 fully saturated rings. The SMILES string of the molecule is O=C(CCc1ccc(F)cc1)NC1CCOc2ccc(F)cc21. The highest BCUT2D eigenvalue weighted by Gasteiger charge is 2.23. The van der Waals surface area contributed by atoms with Gasteiger partial charge in [-0.25, -0.2) is 8.78 Å². The molecule has 3 nitrogen and oxygen atoms in total. The molecule has 0 spiro atoms. The predicted octanol–water partition coefficient (Wildman–Crippen LogP) is 3.54. The Labute approximate surface area is 133 Å². The largest absolute Gasteiger partial charge is 0.493 e. The molecule has 23 heavy (non-hydrogen) atoms. The Balaban J connectivity index is 1.60. The van der Waals surface area contributed by atoms with Crippen LogP contribution in [0.3, 0.4) is 0 Å². The number of carbonyl (C=O) groups is 1. The number of fused-ring (bicyclic) bond motifs is 1. The fraction of sp³-hybridized carbons (Fsp3) is 0.278. The first-order chi connectivity index (χ1) is 11.1. The molecule has 1 aliphatic heterocycles. The highest BCUT2D eigenvalue weighted by Crippen LogP contribution is 2.32. The third-order valence-electron chi connectivity index (χ3n) is 3.90. The number of benzene rings is 2. The maximum Gasteiger partial charge on any atom is 0.220 e. The summed E-state index contributed by atoms with van der Waals surface area (Å²) in [6.45, 7) is 0.488. The number of hydrogen-bond acceptors (Lipinski definition) is 2. The minimum absolute atomic E-state index is 0.114. The van der Waals surface area contributed by atoms with Gasteiger partial charge in [0.05, 0.1) is 12.6 Å². The monoisotopic (exact) mass is 317 g/mol. The van der Waals surface area contributed by atoms with Crippen LogP contribution in [0.1, 0.15) is 30.0 Å². The van der Waals surface area contributed by atoms with E-state index in [9.17, 15) is 13.6 Å². The van der Waals surface area contributed by atoms with Crippen molar-refractivity contribution in [1.82, 2.24) is 5.32 Å². The van der Waals surface area contributed by atoms with Crippen molar-refractivity contribution in [3.8, 4) is 5.75 Å². The maximum absolute atomic E-state index is 13.4. The van der Waals surface area contributed by atoms with E-state index in [0.29, 0.717) is 37.2 Å². The van der Waals surface area contributed by atoms with Crippen LogP contribution < -0.4 is 10.1 Å². The summed E-state index contributed by atoms with van der Waals surface area (Å²) in [6, 6.07) is 10.2. The molecule has 1 N–H and O–H groups in total. The summed E-state index contributed by atoms with van der Waals surface area (Å²) in [6.07, 6.45) is 1.44. The molecule has 1 amide bonds. The van der Waals surface area contributed by atoms with Crippen LogP contribution in [0.25, 0.3) is 0 Å². The van der Waals surface area contributed by atoms with E-state index in [1.807, 2.05) is 0 Å². The van der Waals surface area contributed by atoms with Crippen molar-refractivity contribution < 1.29 is 18.3 Å². The number of hydrogen-bond donors (Lipinski definition) is 1. The van der Waals surface area contributed by atoms with Crippen LogP contribution in [0.4, 0.5) is 8.78 Å². The summed E-state index contributed by atoms with van der Waals surface area (Å²) in [5.41, 5.74) is 1.58. The Bertz CT molecular complexity index is 701. The van der Waals surface area contributed by atoms with E-state index >= 15 is 0 Å². The molecule has 0 saturated heterocycles. The zero-order chi connectivity index (χ0) is 16.2. The summed E-state index contributed by atoms with van der Waals surface area (Å²) < 4.78 is 31.7. The van der Waals surface area contributed by atoms with Gasteiger partial charge in [-0.2, -0.15) is 0 Å². The summed E-state index contributed by atoms with van der Waals surface area (Å²) in [5.74, 6) is -0.142. The Morgan fingerprint density at radius 2 is 1.87 bits per heavy atom. The highest BCUT2D eigenvalue weighted by atomic mass is 19.1. The number of nitrogens with one attached hydrogen (secondary N) is 1. The Morgan fingerprint density at radius 3 is 2.65 bits per heavy atom. The molecule has 3 rings (SSSR count). The minimum atomic E-state index is -0.347. The first-order valence-corrected chi connectivity index (χ1v) is 7.58. The van der Waals surface area contributed by atoms with Crippen LogP contribution in [-0.2, 0) is 11.2 Å². The lowest BCUT2D eigenvalue weighted by atomic mass is 10.00. The summed E-state index contributed by atoms with van der Waals surface area (Å²) in [7, 11) is 0. The second kappa shape index (κ2) is 6.77. The van der Waals surface area contributed by atoms with Gasteiger partial charge in [0.15, 0.2) is 0 Å². The van der Waals surface area contributed by atoms with Gasteiger partial charge in [0.25, 0.3) is 0 Å². The summed E-state index contributed by atoms with van der Waals surface area (Å²) in [4.78, 5) is 12.1. The van der Waals surface area contributed by atoms with E-state index in [1.54, 1.807) is 18.2 Å². The number of ether oxygens (including phenoxy) is 1. The number of rotatable bonds is 4. The van der Waals surface area contributed by atoms with Gasteiger partial charge in [-0.1, -0.05) is 12.1 Å². The fourth-order valence-electron chi connectivity index (χ4n) is 2.69. The second-order valence-electron chi connectivity index (χ2n) is 5.57. The van der Waals surface area contributed by atoms with Crippen molar-refractivity contribution in [2.24, 2.45) is 0 Å². The Kier molecular flexibility index (Phi) is 4.55. The van der Waals surface area contributed by atoms with Gasteiger partial charge in [0.1, 0.15) is 17.4 Å². The highest BCUT2D eigenvalue weighted by molar-refractivity contribution is 5.77. The maximum atomic E-state index is 13.4. The van der Waals surface area contributed by atoms with Crippen LogP contribution in [0, 0.1) is 11.6 Å². The molecule has 0 saturated carbocycles. The van der Waals surface area contributed by atoms with Gasteiger partial charge < -0.3 is 10.1 Å². The molecule has 1 heterocycles. The lowest BCUT2D eigenvalue weighted by Crippen LogP contribution is -2.32. The molecule has 0 radical (unpaired) electrons. The zero-order valence-corrected chi connectivity index (χ0v) is 12.5. The number of halogens is 2. The van der Waals surface area contributed by atoms with Crippen LogP contribution in [-0.4, -0.2) is 12.5 Å². The molecule has 2 aromatic rings. The van der Waals surface area contributed by atoms with Crippen molar-refractivity contribution in [2.45, 2.75) is 25.3 Å². The molecule has 120 valence electrons. The fourth-order valence-corrected chi connectivity index (χ4v) is 2.69. The smallest absolute Gasteiger partial charge is 0.220 e. The van der Waals surface area contributed by atoms with Crippen LogP contribution >= 0.6 is 0 Å². The standard InChI is InChI=1S/C18H17F2NO2/c19-13-4-1-12(2-5-13)3-8-18(22)21-16-9-10-23-17-7-6-14(20)11-15(16)17/h1-2,4-7,11,16H,3,8-10H2,(H,21,22). The molecule has 1 aliphatic rings. The second-order valence-corrected chi connectivity index (χ2v) is 5.57. The van der Waals surface area contributed by atoms with E-state index in [0.717, 1.165) is 5.56 Å².